The number of carbonyl (C=O) groups is 2. The smallest absolute Gasteiger partial charge is 0.248 e. The van der Waals surface area contributed by atoms with Gasteiger partial charge in [-0.25, -0.2) is 0 Å². The van der Waals surface area contributed by atoms with Gasteiger partial charge < -0.3 is 21.9 Å². The van der Waals surface area contributed by atoms with E-state index in [4.69, 9.17) is 16.6 Å². The Morgan fingerprint density at radius 1 is 1.40 bits per heavy atom. The van der Waals surface area contributed by atoms with Crippen LogP contribution in [0.3, 0.4) is 0 Å². The molecule has 1 fully saturated rings. The average molecular weight is 215 g/mol. The molecule has 0 aromatic rings. The number of hydrogen-bond donors (Lipinski definition) is 4. The predicted molar refractivity (Wildman–Crippen MR) is 53.6 cm³/mol. The summed E-state index contributed by atoms with van der Waals surface area (Å²) in [4.78, 5) is 22.1. The van der Waals surface area contributed by atoms with E-state index in [0.717, 1.165) is 12.8 Å². The summed E-state index contributed by atoms with van der Waals surface area (Å²) in [6.07, 6.45) is 1.81. The topological polar surface area (TPSA) is 118 Å². The van der Waals surface area contributed by atoms with Crippen molar-refractivity contribution in [1.82, 2.24) is 5.32 Å². The number of rotatable bonds is 4. The van der Waals surface area contributed by atoms with E-state index in [1.54, 1.807) is 0 Å². The van der Waals surface area contributed by atoms with Gasteiger partial charge in [-0.3, -0.25) is 9.59 Å². The highest BCUT2D eigenvalue weighted by Crippen LogP contribution is 2.27. The number of hydrogen-bond acceptors (Lipinski definition) is 4. The molecule has 0 spiro atoms. The monoisotopic (exact) mass is 215 g/mol. The molecule has 6 heteroatoms. The van der Waals surface area contributed by atoms with Crippen LogP contribution in [0, 0.1) is 0 Å². The maximum Gasteiger partial charge on any atom is 0.248 e. The van der Waals surface area contributed by atoms with Crippen molar-refractivity contribution in [3.63, 3.8) is 0 Å². The number of aliphatic hydroxyl groups excluding tert-OH is 1. The maximum atomic E-state index is 11.6. The first kappa shape index (κ1) is 11.9. The third-order valence-corrected chi connectivity index (χ3v) is 2.73. The van der Waals surface area contributed by atoms with Crippen LogP contribution in [0.1, 0.15) is 25.7 Å². The summed E-state index contributed by atoms with van der Waals surface area (Å²) < 4.78 is 0. The quantitative estimate of drug-likeness (QED) is 0.443. The normalized spacial score (nSPS) is 20.9. The molecule has 6 nitrogen and oxygen atoms in total. The van der Waals surface area contributed by atoms with Crippen LogP contribution in [0.25, 0.3) is 0 Å². The van der Waals surface area contributed by atoms with Crippen LogP contribution in [-0.4, -0.2) is 35.1 Å². The fraction of sp³-hybridized carbons (Fsp3) is 0.778. The molecule has 1 unspecified atom stereocenters. The Kier molecular flexibility index (Phi) is 3.65. The molecule has 0 heterocycles. The Morgan fingerprint density at radius 3 is 2.40 bits per heavy atom. The Labute approximate surface area is 88.0 Å². The highest BCUT2D eigenvalue weighted by atomic mass is 16.3. The van der Waals surface area contributed by atoms with Crippen molar-refractivity contribution in [2.75, 3.05) is 6.54 Å². The summed E-state index contributed by atoms with van der Waals surface area (Å²) in [5, 5.41) is 11.5. The number of amides is 2. The van der Waals surface area contributed by atoms with Gasteiger partial charge in [-0.1, -0.05) is 12.8 Å². The van der Waals surface area contributed by atoms with Crippen LogP contribution in [0.15, 0.2) is 0 Å². The molecule has 1 aliphatic carbocycles. The SMILES string of the molecule is NC(=O)C(O)CNC(=O)C1(N)CCCC1. The largest absolute Gasteiger partial charge is 0.381 e. The van der Waals surface area contributed by atoms with E-state index in [2.05, 4.69) is 5.32 Å². The molecule has 15 heavy (non-hydrogen) atoms. The lowest BCUT2D eigenvalue weighted by atomic mass is 9.98. The molecular weight excluding hydrogens is 198 g/mol. The summed E-state index contributed by atoms with van der Waals surface area (Å²) in [6.45, 7) is -0.173. The van der Waals surface area contributed by atoms with Gasteiger partial charge in [0, 0.05) is 0 Å². The zero-order valence-corrected chi connectivity index (χ0v) is 8.53. The molecule has 86 valence electrons. The van der Waals surface area contributed by atoms with Gasteiger partial charge in [0.2, 0.25) is 11.8 Å². The van der Waals surface area contributed by atoms with Gasteiger partial charge in [0.25, 0.3) is 0 Å². The second kappa shape index (κ2) is 4.59. The van der Waals surface area contributed by atoms with E-state index in [1.165, 1.54) is 0 Å². The molecule has 1 saturated carbocycles. The van der Waals surface area contributed by atoms with Crippen LogP contribution in [0.2, 0.25) is 0 Å². The van der Waals surface area contributed by atoms with Gasteiger partial charge in [-0.2, -0.15) is 0 Å². The molecule has 0 aromatic carbocycles. The van der Waals surface area contributed by atoms with Gasteiger partial charge in [0.1, 0.15) is 6.10 Å². The molecule has 2 amide bonds. The van der Waals surface area contributed by atoms with Crippen LogP contribution in [0.5, 0.6) is 0 Å². The fourth-order valence-corrected chi connectivity index (χ4v) is 1.70. The van der Waals surface area contributed by atoms with Gasteiger partial charge >= 0.3 is 0 Å². The zero-order chi connectivity index (χ0) is 11.5. The molecule has 1 atom stereocenters. The Hall–Kier alpha value is -1.14. The third-order valence-electron chi connectivity index (χ3n) is 2.73. The van der Waals surface area contributed by atoms with Gasteiger partial charge in [0.05, 0.1) is 12.1 Å². The Morgan fingerprint density at radius 2 is 1.93 bits per heavy atom. The minimum Gasteiger partial charge on any atom is -0.381 e. The lowest BCUT2D eigenvalue weighted by molar-refractivity contribution is -0.129. The molecule has 0 aliphatic heterocycles. The third kappa shape index (κ3) is 2.90. The second-order valence-electron chi connectivity index (χ2n) is 3.99. The van der Waals surface area contributed by atoms with E-state index < -0.39 is 17.6 Å². The maximum absolute atomic E-state index is 11.6. The summed E-state index contributed by atoms with van der Waals surface area (Å²) >= 11 is 0. The molecule has 0 aromatic heterocycles. The number of nitrogens with two attached hydrogens (primary N) is 2. The van der Waals surface area contributed by atoms with Gasteiger partial charge in [-0.05, 0) is 12.8 Å². The van der Waals surface area contributed by atoms with Crippen molar-refractivity contribution in [2.45, 2.75) is 37.3 Å². The minimum absolute atomic E-state index is 0.173. The summed E-state index contributed by atoms with van der Waals surface area (Å²) in [5.74, 6) is -1.17. The van der Waals surface area contributed by atoms with Crippen LogP contribution in [-0.2, 0) is 9.59 Å². The minimum atomic E-state index is -1.35. The first-order chi connectivity index (χ1) is 6.96. The van der Waals surface area contributed by atoms with Crippen molar-refractivity contribution in [3.8, 4) is 0 Å². The van der Waals surface area contributed by atoms with Crippen molar-refractivity contribution in [1.29, 1.82) is 0 Å². The first-order valence-corrected chi connectivity index (χ1v) is 5.00. The van der Waals surface area contributed by atoms with Gasteiger partial charge in [-0.15, -0.1) is 0 Å². The Bertz CT molecular complexity index is 261. The van der Waals surface area contributed by atoms with Crippen LogP contribution in [0.4, 0.5) is 0 Å². The number of carbonyl (C=O) groups excluding carboxylic acids is 2. The standard InChI is InChI=1S/C9H17N3O3/c10-7(14)6(13)5-12-8(15)9(11)3-1-2-4-9/h6,13H,1-5,11H2,(H2,10,14)(H,12,15). The second-order valence-corrected chi connectivity index (χ2v) is 3.99. The van der Waals surface area contributed by atoms with Crippen molar-refractivity contribution in [3.05, 3.63) is 0 Å². The summed E-state index contributed by atoms with van der Waals surface area (Å²) in [7, 11) is 0. The van der Waals surface area contributed by atoms with E-state index in [1.807, 2.05) is 0 Å². The van der Waals surface area contributed by atoms with Crippen molar-refractivity contribution < 1.29 is 14.7 Å². The summed E-state index contributed by atoms with van der Waals surface area (Å²) in [6, 6.07) is 0. The van der Waals surface area contributed by atoms with E-state index in [0.29, 0.717) is 12.8 Å². The number of nitrogens with one attached hydrogen (secondary N) is 1. The molecular formula is C9H17N3O3. The highest BCUT2D eigenvalue weighted by molar-refractivity contribution is 5.87. The van der Waals surface area contributed by atoms with E-state index in [9.17, 15) is 9.59 Å². The van der Waals surface area contributed by atoms with Crippen LogP contribution < -0.4 is 16.8 Å². The van der Waals surface area contributed by atoms with E-state index in [-0.39, 0.29) is 12.5 Å². The lowest BCUT2D eigenvalue weighted by Gasteiger charge is -2.22. The molecule has 0 saturated heterocycles. The molecule has 0 radical (unpaired) electrons. The lowest BCUT2D eigenvalue weighted by Crippen LogP contribution is -2.54. The zero-order valence-electron chi connectivity index (χ0n) is 8.53. The molecule has 0 bridgehead atoms. The molecule has 1 rings (SSSR count). The summed E-state index contributed by atoms with van der Waals surface area (Å²) in [5.41, 5.74) is 9.86. The fourth-order valence-electron chi connectivity index (χ4n) is 1.70. The first-order valence-electron chi connectivity index (χ1n) is 5.00. The predicted octanol–water partition coefficient (Wildman–Crippen LogP) is -1.78. The van der Waals surface area contributed by atoms with Crippen molar-refractivity contribution >= 4 is 11.8 Å². The van der Waals surface area contributed by atoms with E-state index >= 15 is 0 Å². The Balaban J connectivity index is 2.39. The average Bonchev–Trinajstić information content (AvgIpc) is 2.62. The van der Waals surface area contributed by atoms with Crippen molar-refractivity contribution in [2.24, 2.45) is 11.5 Å². The molecule has 6 N–H and O–H groups in total. The highest BCUT2D eigenvalue weighted by Gasteiger charge is 2.37. The van der Waals surface area contributed by atoms with Crippen LogP contribution >= 0.6 is 0 Å². The number of primary amides is 1. The van der Waals surface area contributed by atoms with Gasteiger partial charge in [0.15, 0.2) is 0 Å². The molecule has 1 aliphatic rings. The number of aliphatic hydroxyl groups is 1.